The molecule has 0 aliphatic rings. The highest BCUT2D eigenvalue weighted by molar-refractivity contribution is 7.46. The number of carboxylic acid groups (broad SMARTS) is 1. The average molecular weight is 242 g/mol. The molecule has 7 N–H and O–H groups in total. The maximum Gasteiger partial charge on any atom is 0.469 e. The molecule has 0 saturated heterocycles. The fourth-order valence-corrected chi connectivity index (χ4v) is 1.48. The molecule has 0 amide bonds. The van der Waals surface area contributed by atoms with Crippen LogP contribution >= 0.6 is 7.82 Å². The van der Waals surface area contributed by atoms with Crippen LogP contribution in [-0.2, 0) is 13.9 Å². The highest BCUT2D eigenvalue weighted by Crippen LogP contribution is 2.38. The van der Waals surface area contributed by atoms with Crippen molar-refractivity contribution in [1.82, 2.24) is 0 Å². The molecule has 0 radical (unpaired) electrons. The number of carboxylic acids is 1. The van der Waals surface area contributed by atoms with Gasteiger partial charge in [-0.1, -0.05) is 0 Å². The van der Waals surface area contributed by atoms with Gasteiger partial charge in [-0.05, 0) is 12.8 Å². The van der Waals surface area contributed by atoms with Gasteiger partial charge in [-0.2, -0.15) is 0 Å². The Morgan fingerprint density at radius 1 is 1.40 bits per heavy atom. The van der Waals surface area contributed by atoms with Crippen LogP contribution in [0.1, 0.15) is 12.8 Å². The summed E-state index contributed by atoms with van der Waals surface area (Å²) < 4.78 is 14.8. The first-order valence-electron chi connectivity index (χ1n) is 4.18. The Morgan fingerprint density at radius 3 is 2.27 bits per heavy atom. The first kappa shape index (κ1) is 14.5. The first-order chi connectivity index (χ1) is 6.76. The zero-order chi connectivity index (χ0) is 12.1. The third kappa shape index (κ3) is 7.43. The Kier molecular flexibility index (Phi) is 5.96. The van der Waals surface area contributed by atoms with E-state index < -0.39 is 25.9 Å². The molecule has 0 bridgehead atoms. The van der Waals surface area contributed by atoms with Crippen LogP contribution in [0.5, 0.6) is 0 Å². The van der Waals surface area contributed by atoms with Crippen LogP contribution in [0, 0.1) is 0 Å². The molecule has 0 unspecified atom stereocenters. The van der Waals surface area contributed by atoms with Crippen molar-refractivity contribution in [2.24, 2.45) is 11.5 Å². The Labute approximate surface area is 86.5 Å². The lowest BCUT2D eigenvalue weighted by Gasteiger charge is -2.17. The molecule has 0 aliphatic carbocycles. The van der Waals surface area contributed by atoms with Gasteiger partial charge in [-0.3, -0.25) is 9.32 Å². The number of nitrogens with two attached hydrogens (primary N) is 2. The van der Waals surface area contributed by atoms with Gasteiger partial charge in [0.2, 0.25) is 0 Å². The third-order valence-electron chi connectivity index (χ3n) is 1.67. The minimum atomic E-state index is -4.59. The molecule has 0 rings (SSSR count). The van der Waals surface area contributed by atoms with Gasteiger partial charge in [-0.15, -0.1) is 0 Å². The number of phosphoric ester groups is 1. The van der Waals surface area contributed by atoms with E-state index in [1.807, 2.05) is 0 Å². The van der Waals surface area contributed by atoms with E-state index in [0.717, 1.165) is 0 Å². The molecule has 9 heteroatoms. The van der Waals surface area contributed by atoms with E-state index >= 15 is 0 Å². The molecule has 0 heterocycles. The molecule has 8 nitrogen and oxygen atoms in total. The SMILES string of the molecule is NC[C@H](CC[C@H](N)C(=O)O)OP(=O)(O)O. The number of carbonyl (C=O) groups is 1. The molecule has 2 atom stereocenters. The lowest BCUT2D eigenvalue weighted by atomic mass is 10.1. The molecule has 0 aromatic rings. The summed E-state index contributed by atoms with van der Waals surface area (Å²) in [5.74, 6) is -1.18. The van der Waals surface area contributed by atoms with Crippen LogP contribution in [0.15, 0.2) is 0 Å². The third-order valence-corrected chi connectivity index (χ3v) is 2.24. The van der Waals surface area contributed by atoms with Gasteiger partial charge in [-0.25, -0.2) is 4.57 Å². The van der Waals surface area contributed by atoms with Gasteiger partial charge < -0.3 is 26.4 Å². The van der Waals surface area contributed by atoms with Gasteiger partial charge in [0.25, 0.3) is 0 Å². The summed E-state index contributed by atoms with van der Waals surface area (Å²) in [5, 5.41) is 8.45. The highest BCUT2D eigenvalue weighted by Gasteiger charge is 2.22. The summed E-state index contributed by atoms with van der Waals surface area (Å²) in [7, 11) is -4.59. The largest absolute Gasteiger partial charge is 0.480 e. The smallest absolute Gasteiger partial charge is 0.469 e. The van der Waals surface area contributed by atoms with E-state index in [2.05, 4.69) is 4.52 Å². The summed E-state index contributed by atoms with van der Waals surface area (Å²) in [6.07, 6.45) is -0.775. The summed E-state index contributed by atoms with van der Waals surface area (Å²) >= 11 is 0. The van der Waals surface area contributed by atoms with Crippen molar-refractivity contribution in [2.75, 3.05) is 6.54 Å². The Hall–Kier alpha value is -0.500. The average Bonchev–Trinajstić information content (AvgIpc) is 2.09. The van der Waals surface area contributed by atoms with Gasteiger partial charge in [0, 0.05) is 6.54 Å². The van der Waals surface area contributed by atoms with Crippen molar-refractivity contribution < 1.29 is 28.8 Å². The van der Waals surface area contributed by atoms with Crippen LogP contribution < -0.4 is 11.5 Å². The second-order valence-corrected chi connectivity index (χ2v) is 4.17. The zero-order valence-corrected chi connectivity index (χ0v) is 8.84. The van der Waals surface area contributed by atoms with Crippen LogP contribution in [-0.4, -0.2) is 39.6 Å². The Morgan fingerprint density at radius 2 is 1.93 bits per heavy atom. The van der Waals surface area contributed by atoms with Crippen molar-refractivity contribution in [2.45, 2.75) is 25.0 Å². The predicted octanol–water partition coefficient (Wildman–Crippen LogP) is -1.38. The van der Waals surface area contributed by atoms with E-state index in [4.69, 9.17) is 26.4 Å². The first-order valence-corrected chi connectivity index (χ1v) is 5.71. The molecule has 0 fully saturated rings. The predicted molar refractivity (Wildman–Crippen MR) is 50.8 cm³/mol. The zero-order valence-electron chi connectivity index (χ0n) is 7.94. The van der Waals surface area contributed by atoms with E-state index in [1.165, 1.54) is 0 Å². The van der Waals surface area contributed by atoms with Crippen LogP contribution in [0.2, 0.25) is 0 Å². The fourth-order valence-electron chi connectivity index (χ4n) is 0.897. The van der Waals surface area contributed by atoms with Crippen molar-refractivity contribution in [3.8, 4) is 0 Å². The maximum atomic E-state index is 10.4. The van der Waals surface area contributed by atoms with Gasteiger partial charge in [0.1, 0.15) is 6.04 Å². The molecule has 0 aromatic heterocycles. The Balaban J connectivity index is 4.01. The van der Waals surface area contributed by atoms with Crippen molar-refractivity contribution in [3.05, 3.63) is 0 Å². The minimum Gasteiger partial charge on any atom is -0.480 e. The maximum absolute atomic E-state index is 10.4. The Bertz CT molecular complexity index is 254. The number of phosphoric acid groups is 1. The molecule has 0 aromatic carbocycles. The van der Waals surface area contributed by atoms with Gasteiger partial charge >= 0.3 is 13.8 Å². The lowest BCUT2D eigenvalue weighted by Crippen LogP contribution is -2.32. The highest BCUT2D eigenvalue weighted by atomic mass is 31.2. The monoisotopic (exact) mass is 242 g/mol. The van der Waals surface area contributed by atoms with E-state index in [-0.39, 0.29) is 19.4 Å². The van der Waals surface area contributed by atoms with E-state index in [9.17, 15) is 9.36 Å². The number of hydrogen-bond donors (Lipinski definition) is 5. The minimum absolute atomic E-state index is 0.0389. The normalized spacial score (nSPS) is 16.0. The molecule has 0 aliphatic heterocycles. The number of hydrogen-bond acceptors (Lipinski definition) is 5. The number of rotatable bonds is 7. The number of aliphatic carboxylic acids is 1. The molecule has 15 heavy (non-hydrogen) atoms. The second kappa shape index (κ2) is 6.16. The summed E-state index contributed by atoms with van der Waals surface area (Å²) in [6.45, 7) is -0.114. The van der Waals surface area contributed by atoms with Gasteiger partial charge in [0.05, 0.1) is 6.10 Å². The van der Waals surface area contributed by atoms with Crippen molar-refractivity contribution in [1.29, 1.82) is 0 Å². The summed E-state index contributed by atoms with van der Waals surface area (Å²) in [6, 6.07) is -1.08. The van der Waals surface area contributed by atoms with Crippen molar-refractivity contribution >= 4 is 13.8 Å². The van der Waals surface area contributed by atoms with E-state index in [1.54, 1.807) is 0 Å². The topological polar surface area (TPSA) is 156 Å². The van der Waals surface area contributed by atoms with Crippen LogP contribution in [0.3, 0.4) is 0 Å². The van der Waals surface area contributed by atoms with Crippen molar-refractivity contribution in [3.63, 3.8) is 0 Å². The summed E-state index contributed by atoms with van der Waals surface area (Å²) in [5.41, 5.74) is 10.4. The molecular weight excluding hydrogens is 227 g/mol. The standard InChI is InChI=1S/C6H15N2O6P/c7-3-4(14-15(11,12)13)1-2-5(8)6(9)10/h4-5H,1-3,7-8H2,(H,9,10)(H2,11,12,13)/t4-,5-/m0/s1. The molecule has 90 valence electrons. The van der Waals surface area contributed by atoms with Crippen LogP contribution in [0.25, 0.3) is 0 Å². The molecule has 0 saturated carbocycles. The summed E-state index contributed by atoms with van der Waals surface area (Å²) in [4.78, 5) is 27.3. The lowest BCUT2D eigenvalue weighted by molar-refractivity contribution is -0.138. The van der Waals surface area contributed by atoms with E-state index in [0.29, 0.717) is 0 Å². The fraction of sp³-hybridized carbons (Fsp3) is 0.833. The second-order valence-electron chi connectivity index (χ2n) is 2.98. The van der Waals surface area contributed by atoms with Gasteiger partial charge in [0.15, 0.2) is 0 Å². The molecular formula is C6H15N2O6P. The quantitative estimate of drug-likeness (QED) is 0.342. The van der Waals surface area contributed by atoms with Crippen LogP contribution in [0.4, 0.5) is 0 Å². The molecule has 0 spiro atoms.